The van der Waals surface area contributed by atoms with Crippen molar-refractivity contribution in [3.8, 4) is 11.5 Å². The Morgan fingerprint density at radius 1 is 1.16 bits per heavy atom. The second kappa shape index (κ2) is 7.91. The molecule has 0 bridgehead atoms. The van der Waals surface area contributed by atoms with Crippen LogP contribution in [0.1, 0.15) is 24.8 Å². The van der Waals surface area contributed by atoms with Gasteiger partial charge in [-0.1, -0.05) is 0 Å². The van der Waals surface area contributed by atoms with Crippen LogP contribution in [-0.2, 0) is 11.3 Å². The number of likely N-dealkylation sites (tertiary alicyclic amines) is 1. The molecule has 0 unspecified atom stereocenters. The topological polar surface area (TPSA) is 77.2 Å². The van der Waals surface area contributed by atoms with Crippen LogP contribution in [0.2, 0.25) is 0 Å². The van der Waals surface area contributed by atoms with E-state index < -0.39 is 0 Å². The van der Waals surface area contributed by atoms with Gasteiger partial charge < -0.3 is 25.1 Å². The molecule has 6 heteroatoms. The number of aliphatic hydroxyl groups is 1. The highest BCUT2D eigenvalue weighted by Crippen LogP contribution is 2.51. The SMILES string of the molecule is COc1cc(CN2CCC3(CC2)[C@H](O)C[C@@H]3OCCN)cc(OC)c1. The second-order valence-corrected chi connectivity index (χ2v) is 7.13. The van der Waals surface area contributed by atoms with Crippen LogP contribution < -0.4 is 15.2 Å². The molecule has 1 aromatic carbocycles. The van der Waals surface area contributed by atoms with Crippen LogP contribution in [0.3, 0.4) is 0 Å². The molecule has 3 N–H and O–H groups in total. The van der Waals surface area contributed by atoms with Crippen molar-refractivity contribution in [3.05, 3.63) is 23.8 Å². The lowest BCUT2D eigenvalue weighted by atomic mass is 9.58. The van der Waals surface area contributed by atoms with Crippen molar-refractivity contribution in [2.45, 2.75) is 38.0 Å². The Bertz CT molecular complexity index is 550. The fraction of sp³-hybridized carbons (Fsp3) is 0.684. The lowest BCUT2D eigenvalue weighted by molar-refractivity contribution is -0.210. The summed E-state index contributed by atoms with van der Waals surface area (Å²) in [6.07, 6.45) is 2.58. The van der Waals surface area contributed by atoms with Gasteiger partial charge in [-0.15, -0.1) is 0 Å². The number of rotatable bonds is 7. The Labute approximate surface area is 149 Å². The molecule has 6 nitrogen and oxygen atoms in total. The summed E-state index contributed by atoms with van der Waals surface area (Å²) in [5.74, 6) is 1.62. The van der Waals surface area contributed by atoms with Crippen molar-refractivity contribution in [1.82, 2.24) is 4.90 Å². The number of benzene rings is 1. The number of nitrogens with two attached hydrogens (primary N) is 1. The normalized spacial score (nSPS) is 25.6. The van der Waals surface area contributed by atoms with Gasteiger partial charge in [-0.05, 0) is 43.6 Å². The number of hydrogen-bond donors (Lipinski definition) is 2. The third-order valence-electron chi connectivity index (χ3n) is 5.78. The van der Waals surface area contributed by atoms with Crippen LogP contribution in [0, 0.1) is 5.41 Å². The maximum absolute atomic E-state index is 10.3. The van der Waals surface area contributed by atoms with E-state index in [1.807, 2.05) is 6.07 Å². The van der Waals surface area contributed by atoms with Crippen molar-refractivity contribution in [2.75, 3.05) is 40.5 Å². The molecule has 1 saturated heterocycles. The van der Waals surface area contributed by atoms with Gasteiger partial charge in [0.15, 0.2) is 0 Å². The molecule has 2 fully saturated rings. The summed E-state index contributed by atoms with van der Waals surface area (Å²) in [6, 6.07) is 6.00. The Morgan fingerprint density at radius 3 is 2.32 bits per heavy atom. The monoisotopic (exact) mass is 350 g/mol. The average molecular weight is 350 g/mol. The molecule has 2 atom stereocenters. The van der Waals surface area contributed by atoms with Gasteiger partial charge in [0, 0.05) is 31.0 Å². The first kappa shape index (κ1) is 18.5. The summed E-state index contributed by atoms with van der Waals surface area (Å²) in [5, 5.41) is 10.3. The Balaban J connectivity index is 1.59. The zero-order valence-electron chi connectivity index (χ0n) is 15.2. The van der Waals surface area contributed by atoms with E-state index in [0.717, 1.165) is 50.4 Å². The van der Waals surface area contributed by atoms with Crippen LogP contribution in [0.5, 0.6) is 11.5 Å². The smallest absolute Gasteiger partial charge is 0.122 e. The number of methoxy groups -OCH3 is 2. The van der Waals surface area contributed by atoms with Crippen LogP contribution in [0.4, 0.5) is 0 Å². The standard InChI is InChI=1S/C19H30N2O4/c1-23-15-9-14(10-16(11-15)24-2)13-21-6-3-19(4-7-21)17(22)12-18(19)25-8-5-20/h9-11,17-18,22H,3-8,12-13,20H2,1-2H3/t17-,18+/m1/s1. The Kier molecular flexibility index (Phi) is 5.84. The van der Waals surface area contributed by atoms with E-state index in [-0.39, 0.29) is 17.6 Å². The van der Waals surface area contributed by atoms with E-state index in [9.17, 15) is 5.11 Å². The van der Waals surface area contributed by atoms with Crippen molar-refractivity contribution < 1.29 is 19.3 Å². The number of ether oxygens (including phenoxy) is 3. The molecule has 1 saturated carbocycles. The maximum atomic E-state index is 10.3. The van der Waals surface area contributed by atoms with Gasteiger partial charge in [0.2, 0.25) is 0 Å². The molecule has 1 aliphatic carbocycles. The van der Waals surface area contributed by atoms with Gasteiger partial charge in [0.25, 0.3) is 0 Å². The van der Waals surface area contributed by atoms with Crippen LogP contribution in [0.25, 0.3) is 0 Å². The first-order chi connectivity index (χ1) is 12.1. The van der Waals surface area contributed by atoms with E-state index in [4.69, 9.17) is 19.9 Å². The molecule has 140 valence electrons. The summed E-state index contributed by atoms with van der Waals surface area (Å²) < 4.78 is 16.6. The minimum Gasteiger partial charge on any atom is -0.497 e. The molecule has 1 aliphatic heterocycles. The van der Waals surface area contributed by atoms with E-state index in [2.05, 4.69) is 17.0 Å². The molecule has 2 aliphatic rings. The quantitative estimate of drug-likeness (QED) is 0.774. The molecule has 25 heavy (non-hydrogen) atoms. The van der Waals surface area contributed by atoms with E-state index >= 15 is 0 Å². The second-order valence-electron chi connectivity index (χ2n) is 7.13. The summed E-state index contributed by atoms with van der Waals surface area (Å²) in [6.45, 7) is 3.88. The van der Waals surface area contributed by atoms with Crippen LogP contribution in [-0.4, -0.2) is 62.7 Å². The maximum Gasteiger partial charge on any atom is 0.122 e. The highest BCUT2D eigenvalue weighted by atomic mass is 16.5. The lowest BCUT2D eigenvalue weighted by Crippen LogP contribution is -2.62. The molecule has 1 aromatic rings. The molecule has 1 heterocycles. The summed E-state index contributed by atoms with van der Waals surface area (Å²) in [5.41, 5.74) is 6.65. The number of nitrogens with zero attached hydrogens (tertiary/aromatic N) is 1. The van der Waals surface area contributed by atoms with Crippen LogP contribution in [0.15, 0.2) is 18.2 Å². The van der Waals surface area contributed by atoms with E-state index in [1.54, 1.807) is 14.2 Å². The first-order valence-electron chi connectivity index (χ1n) is 9.05. The van der Waals surface area contributed by atoms with Gasteiger partial charge >= 0.3 is 0 Å². The van der Waals surface area contributed by atoms with Gasteiger partial charge in [-0.25, -0.2) is 0 Å². The summed E-state index contributed by atoms with van der Waals surface area (Å²) in [7, 11) is 3.34. The van der Waals surface area contributed by atoms with Crippen molar-refractivity contribution >= 4 is 0 Å². The Hall–Kier alpha value is -1.34. The van der Waals surface area contributed by atoms with Crippen molar-refractivity contribution in [1.29, 1.82) is 0 Å². The highest BCUT2D eigenvalue weighted by Gasteiger charge is 2.55. The largest absolute Gasteiger partial charge is 0.497 e. The Morgan fingerprint density at radius 2 is 1.80 bits per heavy atom. The van der Waals surface area contributed by atoms with Gasteiger partial charge in [0.1, 0.15) is 11.5 Å². The predicted octanol–water partition coefficient (Wildman–Crippen LogP) is 1.39. The van der Waals surface area contributed by atoms with Gasteiger partial charge in [-0.2, -0.15) is 0 Å². The zero-order chi connectivity index (χ0) is 17.9. The minimum absolute atomic E-state index is 0.0717. The molecule has 3 rings (SSSR count). The molecule has 0 radical (unpaired) electrons. The molecular weight excluding hydrogens is 320 g/mol. The third-order valence-corrected chi connectivity index (χ3v) is 5.78. The van der Waals surface area contributed by atoms with E-state index in [0.29, 0.717) is 13.2 Å². The fourth-order valence-electron chi connectivity index (χ4n) is 4.17. The fourth-order valence-corrected chi connectivity index (χ4v) is 4.17. The zero-order valence-corrected chi connectivity index (χ0v) is 15.2. The first-order valence-corrected chi connectivity index (χ1v) is 9.05. The van der Waals surface area contributed by atoms with Crippen LogP contribution >= 0.6 is 0 Å². The third kappa shape index (κ3) is 3.77. The van der Waals surface area contributed by atoms with Gasteiger partial charge in [-0.3, -0.25) is 4.90 Å². The molecular formula is C19H30N2O4. The molecule has 0 aromatic heterocycles. The van der Waals surface area contributed by atoms with Crippen molar-refractivity contribution in [3.63, 3.8) is 0 Å². The van der Waals surface area contributed by atoms with E-state index in [1.165, 1.54) is 5.56 Å². The predicted molar refractivity (Wildman–Crippen MR) is 95.9 cm³/mol. The number of aliphatic hydroxyl groups excluding tert-OH is 1. The number of piperidine rings is 1. The van der Waals surface area contributed by atoms with Gasteiger partial charge in [0.05, 0.1) is 33.0 Å². The average Bonchev–Trinajstić information content (AvgIpc) is 2.65. The molecule has 1 spiro atoms. The highest BCUT2D eigenvalue weighted by molar-refractivity contribution is 5.38. The molecule has 0 amide bonds. The minimum atomic E-state index is -0.241. The number of hydrogen-bond acceptors (Lipinski definition) is 6. The summed E-state index contributed by atoms with van der Waals surface area (Å²) >= 11 is 0. The lowest BCUT2D eigenvalue weighted by Gasteiger charge is -2.56. The van der Waals surface area contributed by atoms with Crippen molar-refractivity contribution in [2.24, 2.45) is 11.1 Å². The summed E-state index contributed by atoms with van der Waals surface area (Å²) in [4.78, 5) is 2.42.